The standard InChI is InChI=1S/C23H46N2O2/c1-19-7-11-21(12-8-19)24(5)17-27-16-15-25(18-26-6)22-13-9-20(10-14-22)23(2,3)4/h19-22H,7-18H2,1-6H3. The van der Waals surface area contributed by atoms with Gasteiger partial charge in [-0.15, -0.1) is 0 Å². The van der Waals surface area contributed by atoms with E-state index in [1.54, 1.807) is 0 Å². The minimum Gasteiger partial charge on any atom is -0.369 e. The lowest BCUT2D eigenvalue weighted by atomic mass is 9.71. The smallest absolute Gasteiger partial charge is 0.0990 e. The van der Waals surface area contributed by atoms with E-state index in [2.05, 4.69) is 44.5 Å². The van der Waals surface area contributed by atoms with Gasteiger partial charge in [0, 0.05) is 25.7 Å². The molecule has 160 valence electrons. The third kappa shape index (κ3) is 7.64. The summed E-state index contributed by atoms with van der Waals surface area (Å²) in [6.07, 6.45) is 10.7. The minimum absolute atomic E-state index is 0.446. The third-order valence-electron chi connectivity index (χ3n) is 7.16. The molecule has 2 fully saturated rings. The van der Waals surface area contributed by atoms with Crippen LogP contribution in [0.1, 0.15) is 79.1 Å². The Balaban J connectivity index is 1.67. The van der Waals surface area contributed by atoms with E-state index in [4.69, 9.17) is 9.47 Å². The first-order valence-electron chi connectivity index (χ1n) is 11.3. The Morgan fingerprint density at radius 2 is 1.44 bits per heavy atom. The van der Waals surface area contributed by atoms with Gasteiger partial charge in [-0.25, -0.2) is 0 Å². The number of hydrogen-bond acceptors (Lipinski definition) is 4. The molecule has 0 aromatic rings. The molecule has 0 aliphatic heterocycles. The Morgan fingerprint density at radius 3 is 2.00 bits per heavy atom. The van der Waals surface area contributed by atoms with Crippen molar-refractivity contribution >= 4 is 0 Å². The van der Waals surface area contributed by atoms with Crippen LogP contribution < -0.4 is 0 Å². The summed E-state index contributed by atoms with van der Waals surface area (Å²) >= 11 is 0. The van der Waals surface area contributed by atoms with E-state index < -0.39 is 0 Å². The lowest BCUT2D eigenvalue weighted by molar-refractivity contribution is -0.0331. The van der Waals surface area contributed by atoms with Crippen LogP contribution >= 0.6 is 0 Å². The van der Waals surface area contributed by atoms with Gasteiger partial charge in [-0.2, -0.15) is 0 Å². The van der Waals surface area contributed by atoms with Gasteiger partial charge in [-0.05, 0) is 75.7 Å². The molecule has 0 radical (unpaired) electrons. The number of rotatable bonds is 9. The molecule has 4 nitrogen and oxygen atoms in total. The molecule has 0 atom stereocenters. The van der Waals surface area contributed by atoms with Crippen molar-refractivity contribution in [1.82, 2.24) is 9.80 Å². The molecular formula is C23H46N2O2. The van der Waals surface area contributed by atoms with Gasteiger partial charge in [-0.1, -0.05) is 27.7 Å². The fraction of sp³-hybridized carbons (Fsp3) is 1.00. The van der Waals surface area contributed by atoms with Crippen LogP contribution in [0.25, 0.3) is 0 Å². The molecular weight excluding hydrogens is 336 g/mol. The van der Waals surface area contributed by atoms with Gasteiger partial charge >= 0.3 is 0 Å². The van der Waals surface area contributed by atoms with Crippen molar-refractivity contribution in [2.45, 2.75) is 91.1 Å². The maximum Gasteiger partial charge on any atom is 0.0990 e. The van der Waals surface area contributed by atoms with E-state index in [0.717, 1.165) is 38.4 Å². The number of hydrogen-bond donors (Lipinski definition) is 0. The second-order valence-corrected chi connectivity index (χ2v) is 10.3. The van der Waals surface area contributed by atoms with Gasteiger partial charge in [-0.3, -0.25) is 9.80 Å². The van der Waals surface area contributed by atoms with E-state index in [9.17, 15) is 0 Å². The summed E-state index contributed by atoms with van der Waals surface area (Å²) in [7, 11) is 4.04. The molecule has 4 heteroatoms. The van der Waals surface area contributed by atoms with Crippen LogP contribution in [-0.4, -0.2) is 62.7 Å². The molecule has 0 bridgehead atoms. The highest BCUT2D eigenvalue weighted by Crippen LogP contribution is 2.39. The molecule has 27 heavy (non-hydrogen) atoms. The summed E-state index contributed by atoms with van der Waals surface area (Å²) in [5.41, 5.74) is 0.446. The predicted octanol–water partition coefficient (Wildman–Crippen LogP) is 4.98. The first kappa shape index (κ1) is 23.1. The molecule has 0 N–H and O–H groups in total. The second-order valence-electron chi connectivity index (χ2n) is 10.3. The lowest BCUT2D eigenvalue weighted by Gasteiger charge is -2.41. The average Bonchev–Trinajstić information content (AvgIpc) is 2.64. The van der Waals surface area contributed by atoms with Crippen LogP contribution in [0.15, 0.2) is 0 Å². The zero-order chi connectivity index (χ0) is 19.9. The lowest BCUT2D eigenvalue weighted by Crippen LogP contribution is -2.43. The normalized spacial score (nSPS) is 30.2. The maximum absolute atomic E-state index is 6.05. The van der Waals surface area contributed by atoms with Crippen LogP contribution in [0, 0.1) is 17.3 Å². The SMILES string of the molecule is COCN(CCOCN(C)C1CCC(C)CC1)C1CCC(C(C)(C)C)CC1. The molecule has 0 aromatic carbocycles. The van der Waals surface area contributed by atoms with Crippen molar-refractivity contribution in [2.24, 2.45) is 17.3 Å². The molecule has 2 aliphatic rings. The molecule has 0 saturated heterocycles. The zero-order valence-electron chi connectivity index (χ0n) is 19.0. The first-order chi connectivity index (χ1) is 12.8. The molecule has 2 saturated carbocycles. The number of ether oxygens (including phenoxy) is 2. The summed E-state index contributed by atoms with van der Waals surface area (Å²) in [6, 6.07) is 1.37. The van der Waals surface area contributed by atoms with Crippen molar-refractivity contribution in [3.05, 3.63) is 0 Å². The van der Waals surface area contributed by atoms with Gasteiger partial charge < -0.3 is 9.47 Å². The molecule has 0 heterocycles. The van der Waals surface area contributed by atoms with E-state index >= 15 is 0 Å². The van der Waals surface area contributed by atoms with Crippen molar-refractivity contribution < 1.29 is 9.47 Å². The molecule has 2 aliphatic carbocycles. The van der Waals surface area contributed by atoms with Crippen LogP contribution in [0.5, 0.6) is 0 Å². The van der Waals surface area contributed by atoms with Gasteiger partial charge in [0.05, 0.1) is 20.1 Å². The highest BCUT2D eigenvalue weighted by atomic mass is 16.5. The number of nitrogens with zero attached hydrogens (tertiary/aromatic N) is 2. The maximum atomic E-state index is 6.05. The Labute approximate surface area is 169 Å². The van der Waals surface area contributed by atoms with E-state index in [1.165, 1.54) is 51.4 Å². The quantitative estimate of drug-likeness (QED) is 0.415. The Hall–Kier alpha value is -0.160. The number of methoxy groups -OCH3 is 1. The van der Waals surface area contributed by atoms with Gasteiger partial charge in [0.15, 0.2) is 0 Å². The molecule has 0 amide bonds. The monoisotopic (exact) mass is 382 g/mol. The molecule has 0 spiro atoms. The van der Waals surface area contributed by atoms with Gasteiger partial charge in [0.1, 0.15) is 0 Å². The summed E-state index contributed by atoms with van der Waals surface area (Å²) in [4.78, 5) is 4.92. The summed E-state index contributed by atoms with van der Waals surface area (Å²) < 4.78 is 11.5. The summed E-state index contributed by atoms with van der Waals surface area (Å²) in [5, 5.41) is 0. The molecule has 2 rings (SSSR count). The summed E-state index contributed by atoms with van der Waals surface area (Å²) in [5.74, 6) is 1.77. The largest absolute Gasteiger partial charge is 0.369 e. The topological polar surface area (TPSA) is 24.9 Å². The third-order valence-corrected chi connectivity index (χ3v) is 7.16. The van der Waals surface area contributed by atoms with Gasteiger partial charge in [0.2, 0.25) is 0 Å². The van der Waals surface area contributed by atoms with Crippen molar-refractivity contribution in [3.63, 3.8) is 0 Å². The highest BCUT2D eigenvalue weighted by molar-refractivity contribution is 4.84. The van der Waals surface area contributed by atoms with Crippen LogP contribution in [-0.2, 0) is 9.47 Å². The fourth-order valence-electron chi connectivity index (χ4n) is 5.00. The fourth-order valence-corrected chi connectivity index (χ4v) is 5.00. The van der Waals surface area contributed by atoms with Crippen molar-refractivity contribution in [2.75, 3.05) is 40.8 Å². The zero-order valence-corrected chi connectivity index (χ0v) is 19.0. The second kappa shape index (κ2) is 11.1. The van der Waals surface area contributed by atoms with Crippen molar-refractivity contribution in [1.29, 1.82) is 0 Å². The minimum atomic E-state index is 0.446. The van der Waals surface area contributed by atoms with Crippen LogP contribution in [0.4, 0.5) is 0 Å². The molecule has 0 unspecified atom stereocenters. The van der Waals surface area contributed by atoms with E-state index in [0.29, 0.717) is 17.5 Å². The Kier molecular flexibility index (Phi) is 9.54. The molecule has 0 aromatic heterocycles. The van der Waals surface area contributed by atoms with Crippen LogP contribution in [0.3, 0.4) is 0 Å². The Bertz CT molecular complexity index is 394. The van der Waals surface area contributed by atoms with E-state index in [1.807, 2.05) is 7.11 Å². The van der Waals surface area contributed by atoms with Crippen LogP contribution in [0.2, 0.25) is 0 Å². The summed E-state index contributed by atoms with van der Waals surface area (Å²) in [6.45, 7) is 12.8. The van der Waals surface area contributed by atoms with Gasteiger partial charge in [0.25, 0.3) is 0 Å². The van der Waals surface area contributed by atoms with Crippen molar-refractivity contribution in [3.8, 4) is 0 Å². The highest BCUT2D eigenvalue weighted by Gasteiger charge is 2.31. The first-order valence-corrected chi connectivity index (χ1v) is 11.3. The average molecular weight is 383 g/mol. The van der Waals surface area contributed by atoms with E-state index in [-0.39, 0.29) is 0 Å². The predicted molar refractivity (Wildman–Crippen MR) is 114 cm³/mol. The Morgan fingerprint density at radius 1 is 0.852 bits per heavy atom.